The van der Waals surface area contributed by atoms with E-state index in [1.165, 1.54) is 0 Å². The van der Waals surface area contributed by atoms with Crippen molar-refractivity contribution in [2.75, 3.05) is 17.2 Å². The topological polar surface area (TPSA) is 54.0 Å². The van der Waals surface area contributed by atoms with Crippen LogP contribution >= 0.6 is 0 Å². The van der Waals surface area contributed by atoms with Crippen molar-refractivity contribution in [2.24, 2.45) is 0 Å². The Morgan fingerprint density at radius 2 is 2.20 bits per heavy atom. The minimum Gasteiger partial charge on any atom is -0.370 e. The van der Waals surface area contributed by atoms with Gasteiger partial charge in [0.05, 0.1) is 11.9 Å². The van der Waals surface area contributed by atoms with Crippen LogP contribution in [0.1, 0.15) is 26.7 Å². The van der Waals surface area contributed by atoms with Crippen LogP contribution in [0.2, 0.25) is 0 Å². The molecule has 1 aromatic heterocycles. The first-order valence-corrected chi connectivity index (χ1v) is 5.26. The summed E-state index contributed by atoms with van der Waals surface area (Å²) in [4.78, 5) is 15.4. The van der Waals surface area contributed by atoms with Crippen LogP contribution < -0.4 is 10.6 Å². The van der Waals surface area contributed by atoms with Crippen molar-refractivity contribution in [3.63, 3.8) is 0 Å². The summed E-state index contributed by atoms with van der Waals surface area (Å²) in [7, 11) is 0. The molecule has 0 aromatic carbocycles. The van der Waals surface area contributed by atoms with Crippen molar-refractivity contribution >= 4 is 17.4 Å². The van der Waals surface area contributed by atoms with E-state index in [1.807, 2.05) is 26.0 Å². The normalized spacial score (nSPS) is 9.73. The van der Waals surface area contributed by atoms with Gasteiger partial charge in [0.2, 0.25) is 5.91 Å². The van der Waals surface area contributed by atoms with Crippen LogP contribution in [0.3, 0.4) is 0 Å². The molecule has 0 aliphatic rings. The molecule has 0 aliphatic carbocycles. The highest BCUT2D eigenvalue weighted by molar-refractivity contribution is 5.90. The largest absolute Gasteiger partial charge is 0.370 e. The van der Waals surface area contributed by atoms with Gasteiger partial charge in [-0.15, -0.1) is 0 Å². The molecule has 0 radical (unpaired) electrons. The lowest BCUT2D eigenvalue weighted by atomic mass is 10.3. The Labute approximate surface area is 90.1 Å². The zero-order chi connectivity index (χ0) is 11.1. The summed E-state index contributed by atoms with van der Waals surface area (Å²) >= 11 is 0. The summed E-state index contributed by atoms with van der Waals surface area (Å²) in [6, 6.07) is 3.70. The Balaban J connectivity index is 2.52. The highest BCUT2D eigenvalue weighted by Gasteiger charge is 2.00. The molecule has 1 amide bonds. The molecule has 15 heavy (non-hydrogen) atoms. The Morgan fingerprint density at radius 1 is 1.40 bits per heavy atom. The Kier molecular flexibility index (Phi) is 4.60. The minimum atomic E-state index is 0.0375. The van der Waals surface area contributed by atoms with Crippen molar-refractivity contribution < 1.29 is 4.79 Å². The third-order valence-corrected chi connectivity index (χ3v) is 1.88. The number of anilines is 2. The molecule has 0 aliphatic heterocycles. The number of rotatable bonds is 5. The standard InChI is InChI=1S/C11H17N3O/c1-3-5-11(15)14-9-6-7-10(12-4-2)13-8-9/h6-8H,3-5H2,1-2H3,(H,12,13)(H,14,15). The van der Waals surface area contributed by atoms with Crippen LogP contribution in [0, 0.1) is 0 Å². The van der Waals surface area contributed by atoms with E-state index >= 15 is 0 Å². The molecule has 1 heterocycles. The van der Waals surface area contributed by atoms with Crippen molar-refractivity contribution in [2.45, 2.75) is 26.7 Å². The van der Waals surface area contributed by atoms with Gasteiger partial charge in [0.25, 0.3) is 0 Å². The van der Waals surface area contributed by atoms with Crippen LogP contribution in [0.4, 0.5) is 11.5 Å². The number of hydrogen-bond acceptors (Lipinski definition) is 3. The van der Waals surface area contributed by atoms with Crippen molar-refractivity contribution in [1.82, 2.24) is 4.98 Å². The maximum Gasteiger partial charge on any atom is 0.224 e. The molecule has 82 valence electrons. The zero-order valence-corrected chi connectivity index (χ0v) is 9.21. The number of pyridine rings is 1. The second-order valence-electron chi connectivity index (χ2n) is 3.26. The Morgan fingerprint density at radius 3 is 2.73 bits per heavy atom. The lowest BCUT2D eigenvalue weighted by Gasteiger charge is -2.05. The molecule has 0 bridgehead atoms. The van der Waals surface area contributed by atoms with E-state index in [1.54, 1.807) is 6.20 Å². The summed E-state index contributed by atoms with van der Waals surface area (Å²) < 4.78 is 0. The van der Waals surface area contributed by atoms with Crippen LogP contribution in [-0.4, -0.2) is 17.4 Å². The quantitative estimate of drug-likeness (QED) is 0.778. The van der Waals surface area contributed by atoms with Gasteiger partial charge in [-0.1, -0.05) is 6.92 Å². The minimum absolute atomic E-state index is 0.0375. The van der Waals surface area contributed by atoms with E-state index < -0.39 is 0 Å². The summed E-state index contributed by atoms with van der Waals surface area (Å²) in [5.74, 6) is 0.862. The molecule has 0 unspecified atom stereocenters. The maximum atomic E-state index is 11.3. The molecular formula is C11H17N3O. The van der Waals surface area contributed by atoms with Crippen LogP contribution in [0.15, 0.2) is 18.3 Å². The molecule has 1 aromatic rings. The highest BCUT2D eigenvalue weighted by atomic mass is 16.1. The molecular weight excluding hydrogens is 190 g/mol. The van der Waals surface area contributed by atoms with Crippen molar-refractivity contribution in [3.8, 4) is 0 Å². The number of amides is 1. The van der Waals surface area contributed by atoms with Crippen LogP contribution in [-0.2, 0) is 4.79 Å². The summed E-state index contributed by atoms with van der Waals surface area (Å²) in [6.45, 7) is 4.83. The second-order valence-corrected chi connectivity index (χ2v) is 3.26. The zero-order valence-electron chi connectivity index (χ0n) is 9.21. The monoisotopic (exact) mass is 207 g/mol. The van der Waals surface area contributed by atoms with Gasteiger partial charge < -0.3 is 10.6 Å². The molecule has 0 fully saturated rings. The van der Waals surface area contributed by atoms with E-state index in [9.17, 15) is 4.79 Å². The third kappa shape index (κ3) is 3.97. The highest BCUT2D eigenvalue weighted by Crippen LogP contribution is 2.09. The van der Waals surface area contributed by atoms with Gasteiger partial charge in [-0.3, -0.25) is 4.79 Å². The first-order valence-electron chi connectivity index (χ1n) is 5.26. The van der Waals surface area contributed by atoms with E-state index in [2.05, 4.69) is 15.6 Å². The van der Waals surface area contributed by atoms with Crippen LogP contribution in [0.5, 0.6) is 0 Å². The molecule has 1 rings (SSSR count). The van der Waals surface area contributed by atoms with Gasteiger partial charge in [-0.05, 0) is 25.5 Å². The molecule has 0 saturated heterocycles. The average molecular weight is 207 g/mol. The van der Waals surface area contributed by atoms with Gasteiger partial charge in [0.1, 0.15) is 5.82 Å². The van der Waals surface area contributed by atoms with Crippen LogP contribution in [0.25, 0.3) is 0 Å². The van der Waals surface area contributed by atoms with Crippen molar-refractivity contribution in [3.05, 3.63) is 18.3 Å². The molecule has 0 saturated carbocycles. The third-order valence-electron chi connectivity index (χ3n) is 1.88. The molecule has 4 heteroatoms. The fraction of sp³-hybridized carbons (Fsp3) is 0.455. The summed E-state index contributed by atoms with van der Waals surface area (Å²) in [5, 5.41) is 5.87. The Hall–Kier alpha value is -1.58. The van der Waals surface area contributed by atoms with Gasteiger partial charge in [0, 0.05) is 13.0 Å². The predicted molar refractivity (Wildman–Crippen MR) is 61.9 cm³/mol. The predicted octanol–water partition coefficient (Wildman–Crippen LogP) is 2.25. The SMILES string of the molecule is CCCC(=O)Nc1ccc(NCC)nc1. The number of hydrogen-bond donors (Lipinski definition) is 2. The van der Waals surface area contributed by atoms with Gasteiger partial charge in [-0.25, -0.2) is 4.98 Å². The molecule has 0 spiro atoms. The molecule has 0 atom stereocenters. The van der Waals surface area contributed by atoms with Gasteiger partial charge in [0.15, 0.2) is 0 Å². The van der Waals surface area contributed by atoms with Gasteiger partial charge >= 0.3 is 0 Å². The number of carbonyl (C=O) groups excluding carboxylic acids is 1. The first kappa shape index (κ1) is 11.5. The molecule has 4 nitrogen and oxygen atoms in total. The van der Waals surface area contributed by atoms with Gasteiger partial charge in [-0.2, -0.15) is 0 Å². The lowest BCUT2D eigenvalue weighted by Crippen LogP contribution is -2.10. The fourth-order valence-electron chi connectivity index (χ4n) is 1.20. The average Bonchev–Trinajstić information content (AvgIpc) is 2.22. The number of carbonyl (C=O) groups is 1. The van der Waals surface area contributed by atoms with Crippen molar-refractivity contribution in [1.29, 1.82) is 0 Å². The van der Waals surface area contributed by atoms with E-state index in [0.29, 0.717) is 6.42 Å². The molecule has 2 N–H and O–H groups in total. The summed E-state index contributed by atoms with van der Waals surface area (Å²) in [5.41, 5.74) is 0.745. The second kappa shape index (κ2) is 6.01. The van der Waals surface area contributed by atoms with E-state index in [4.69, 9.17) is 0 Å². The van der Waals surface area contributed by atoms with E-state index in [0.717, 1.165) is 24.5 Å². The first-order chi connectivity index (χ1) is 7.26. The number of nitrogens with one attached hydrogen (secondary N) is 2. The smallest absolute Gasteiger partial charge is 0.224 e. The number of nitrogens with zero attached hydrogens (tertiary/aromatic N) is 1. The summed E-state index contributed by atoms with van der Waals surface area (Å²) in [6.07, 6.45) is 3.06. The fourth-order valence-corrected chi connectivity index (χ4v) is 1.20. The maximum absolute atomic E-state index is 11.3. The Bertz CT molecular complexity index is 308. The number of aromatic nitrogens is 1. The lowest BCUT2D eigenvalue weighted by molar-refractivity contribution is -0.116. The van der Waals surface area contributed by atoms with E-state index in [-0.39, 0.29) is 5.91 Å².